The van der Waals surface area contributed by atoms with Gasteiger partial charge in [0, 0.05) is 7.11 Å². The zero-order valence-corrected chi connectivity index (χ0v) is 14.0. The topological polar surface area (TPSA) is 35.5 Å². The standard InChI is InChI=1S/C19H28O3/c1-5-13-19(14-6-2,18(20)22-7-3)15-17(21-4)16-11-9-8-10-12-16/h5,8-12,17H,1,6-7,13-15H2,2-4H3/t17-,19-/m1/s1. The Morgan fingerprint density at radius 2 is 2.00 bits per heavy atom. The lowest BCUT2D eigenvalue weighted by Gasteiger charge is -2.33. The maximum absolute atomic E-state index is 12.6. The molecule has 0 aliphatic rings. The summed E-state index contributed by atoms with van der Waals surface area (Å²) in [5.74, 6) is -0.144. The highest BCUT2D eigenvalue weighted by atomic mass is 16.5. The summed E-state index contributed by atoms with van der Waals surface area (Å²) in [6, 6.07) is 10.0. The lowest BCUT2D eigenvalue weighted by atomic mass is 9.74. The van der Waals surface area contributed by atoms with Gasteiger partial charge in [0.2, 0.25) is 0 Å². The second-order valence-electron chi connectivity index (χ2n) is 5.58. The molecule has 1 aromatic carbocycles. The first-order valence-electron chi connectivity index (χ1n) is 7.99. The molecule has 0 unspecified atom stereocenters. The molecule has 3 nitrogen and oxygen atoms in total. The van der Waals surface area contributed by atoms with Gasteiger partial charge >= 0.3 is 5.97 Å². The number of rotatable bonds is 10. The Balaban J connectivity index is 3.08. The van der Waals surface area contributed by atoms with Gasteiger partial charge in [0.1, 0.15) is 0 Å². The zero-order chi connectivity index (χ0) is 16.4. The van der Waals surface area contributed by atoms with E-state index < -0.39 is 5.41 Å². The van der Waals surface area contributed by atoms with Crippen molar-refractivity contribution in [1.29, 1.82) is 0 Å². The maximum Gasteiger partial charge on any atom is 0.312 e. The predicted octanol–water partition coefficient (Wildman–Crippen LogP) is 4.69. The summed E-state index contributed by atoms with van der Waals surface area (Å²) in [5, 5.41) is 0. The van der Waals surface area contributed by atoms with Crippen LogP contribution in [0.15, 0.2) is 43.0 Å². The number of methoxy groups -OCH3 is 1. The van der Waals surface area contributed by atoms with E-state index in [9.17, 15) is 4.79 Å². The number of benzene rings is 1. The van der Waals surface area contributed by atoms with E-state index in [1.807, 2.05) is 43.3 Å². The van der Waals surface area contributed by atoms with Crippen LogP contribution in [0.3, 0.4) is 0 Å². The molecule has 0 aliphatic heterocycles. The van der Waals surface area contributed by atoms with Crippen molar-refractivity contribution in [3.05, 3.63) is 48.6 Å². The second kappa shape index (κ2) is 9.42. The van der Waals surface area contributed by atoms with E-state index in [4.69, 9.17) is 9.47 Å². The third-order valence-electron chi connectivity index (χ3n) is 4.00. The van der Waals surface area contributed by atoms with Gasteiger partial charge in [-0.15, -0.1) is 6.58 Å². The molecule has 0 N–H and O–H groups in total. The third-order valence-corrected chi connectivity index (χ3v) is 4.00. The summed E-state index contributed by atoms with van der Waals surface area (Å²) in [6.07, 6.45) is 4.57. The normalized spacial score (nSPS) is 14.9. The fourth-order valence-electron chi connectivity index (χ4n) is 2.96. The van der Waals surface area contributed by atoms with Crippen molar-refractivity contribution in [3.63, 3.8) is 0 Å². The lowest BCUT2D eigenvalue weighted by Crippen LogP contribution is -2.35. The van der Waals surface area contributed by atoms with Crippen molar-refractivity contribution in [2.24, 2.45) is 5.41 Å². The largest absolute Gasteiger partial charge is 0.466 e. The van der Waals surface area contributed by atoms with Gasteiger partial charge in [0.05, 0.1) is 18.1 Å². The quantitative estimate of drug-likeness (QED) is 0.464. The molecule has 1 rings (SSSR count). The van der Waals surface area contributed by atoms with Crippen LogP contribution >= 0.6 is 0 Å². The van der Waals surface area contributed by atoms with Gasteiger partial charge < -0.3 is 9.47 Å². The lowest BCUT2D eigenvalue weighted by molar-refractivity contribution is -0.158. The number of allylic oxidation sites excluding steroid dienone is 1. The summed E-state index contributed by atoms with van der Waals surface area (Å²) in [5.41, 5.74) is 0.516. The Kier molecular flexibility index (Phi) is 7.89. The molecule has 1 aromatic rings. The average molecular weight is 304 g/mol. The average Bonchev–Trinajstić information content (AvgIpc) is 2.54. The predicted molar refractivity (Wildman–Crippen MR) is 89.6 cm³/mol. The highest BCUT2D eigenvalue weighted by Crippen LogP contribution is 2.40. The van der Waals surface area contributed by atoms with Gasteiger partial charge in [-0.05, 0) is 31.7 Å². The summed E-state index contributed by atoms with van der Waals surface area (Å²) < 4.78 is 11.0. The Hall–Kier alpha value is -1.61. The first kappa shape index (κ1) is 18.4. The van der Waals surface area contributed by atoms with Crippen molar-refractivity contribution in [1.82, 2.24) is 0 Å². The summed E-state index contributed by atoms with van der Waals surface area (Å²) in [7, 11) is 1.69. The molecule has 0 aromatic heterocycles. The summed E-state index contributed by atoms with van der Waals surface area (Å²) in [6.45, 7) is 8.15. The van der Waals surface area contributed by atoms with Crippen molar-refractivity contribution < 1.29 is 14.3 Å². The number of ether oxygens (including phenoxy) is 2. The van der Waals surface area contributed by atoms with E-state index in [0.717, 1.165) is 18.4 Å². The molecule has 0 amide bonds. The molecule has 0 radical (unpaired) electrons. The molecular weight excluding hydrogens is 276 g/mol. The Labute approximate surface area is 134 Å². The van der Waals surface area contributed by atoms with Gasteiger partial charge in [0.15, 0.2) is 0 Å². The van der Waals surface area contributed by atoms with Gasteiger partial charge in [-0.3, -0.25) is 4.79 Å². The molecule has 0 fully saturated rings. The molecule has 2 atom stereocenters. The number of hydrogen-bond donors (Lipinski definition) is 0. The van der Waals surface area contributed by atoms with E-state index >= 15 is 0 Å². The zero-order valence-electron chi connectivity index (χ0n) is 14.0. The Morgan fingerprint density at radius 1 is 1.32 bits per heavy atom. The van der Waals surface area contributed by atoms with E-state index in [0.29, 0.717) is 19.4 Å². The molecule has 0 heterocycles. The van der Waals surface area contributed by atoms with E-state index in [2.05, 4.69) is 13.5 Å². The minimum atomic E-state index is -0.566. The number of hydrogen-bond acceptors (Lipinski definition) is 3. The smallest absolute Gasteiger partial charge is 0.312 e. The number of carbonyl (C=O) groups excluding carboxylic acids is 1. The first-order valence-corrected chi connectivity index (χ1v) is 7.99. The molecule has 0 saturated heterocycles. The van der Waals surface area contributed by atoms with Crippen molar-refractivity contribution in [2.45, 2.75) is 45.6 Å². The summed E-state index contributed by atoms with van der Waals surface area (Å²) >= 11 is 0. The summed E-state index contributed by atoms with van der Waals surface area (Å²) in [4.78, 5) is 12.6. The minimum Gasteiger partial charge on any atom is -0.466 e. The fourth-order valence-corrected chi connectivity index (χ4v) is 2.96. The molecule has 0 saturated carbocycles. The van der Waals surface area contributed by atoms with Crippen molar-refractivity contribution >= 4 is 5.97 Å². The molecular formula is C19H28O3. The Morgan fingerprint density at radius 3 is 2.50 bits per heavy atom. The Bertz CT molecular complexity index is 455. The minimum absolute atomic E-state index is 0.128. The van der Waals surface area contributed by atoms with Crippen molar-refractivity contribution in [3.8, 4) is 0 Å². The van der Waals surface area contributed by atoms with Gasteiger partial charge in [-0.25, -0.2) is 0 Å². The maximum atomic E-state index is 12.6. The van der Waals surface area contributed by atoms with Crippen LogP contribution in [0, 0.1) is 5.41 Å². The highest BCUT2D eigenvalue weighted by molar-refractivity contribution is 5.77. The molecule has 122 valence electrons. The van der Waals surface area contributed by atoms with Crippen LogP contribution in [0.25, 0.3) is 0 Å². The van der Waals surface area contributed by atoms with Crippen LogP contribution in [0.4, 0.5) is 0 Å². The van der Waals surface area contributed by atoms with Crippen LogP contribution in [-0.2, 0) is 14.3 Å². The van der Waals surface area contributed by atoms with Gasteiger partial charge in [-0.2, -0.15) is 0 Å². The van der Waals surface area contributed by atoms with Crippen molar-refractivity contribution in [2.75, 3.05) is 13.7 Å². The molecule has 3 heteroatoms. The van der Waals surface area contributed by atoms with E-state index in [1.54, 1.807) is 7.11 Å². The number of esters is 1. The van der Waals surface area contributed by atoms with Crippen LogP contribution in [0.2, 0.25) is 0 Å². The van der Waals surface area contributed by atoms with E-state index in [-0.39, 0.29) is 12.1 Å². The van der Waals surface area contributed by atoms with Crippen LogP contribution in [0.1, 0.15) is 51.2 Å². The van der Waals surface area contributed by atoms with Crippen LogP contribution < -0.4 is 0 Å². The molecule has 0 spiro atoms. The highest BCUT2D eigenvalue weighted by Gasteiger charge is 2.40. The monoisotopic (exact) mass is 304 g/mol. The van der Waals surface area contributed by atoms with Crippen LogP contribution in [0.5, 0.6) is 0 Å². The molecule has 0 bridgehead atoms. The SMILES string of the molecule is C=CC[C@@](CCC)(C[C@@H](OC)c1ccccc1)C(=O)OCC. The second-order valence-corrected chi connectivity index (χ2v) is 5.58. The molecule has 22 heavy (non-hydrogen) atoms. The van der Waals surface area contributed by atoms with Gasteiger partial charge in [0.25, 0.3) is 0 Å². The number of carbonyl (C=O) groups is 1. The van der Waals surface area contributed by atoms with Gasteiger partial charge in [-0.1, -0.05) is 49.8 Å². The van der Waals surface area contributed by atoms with Crippen LogP contribution in [-0.4, -0.2) is 19.7 Å². The fraction of sp³-hybridized carbons (Fsp3) is 0.526. The molecule has 0 aliphatic carbocycles. The first-order chi connectivity index (χ1) is 10.6. The van der Waals surface area contributed by atoms with E-state index in [1.165, 1.54) is 0 Å². The third kappa shape index (κ3) is 4.70.